The topological polar surface area (TPSA) is 63.2 Å². The van der Waals surface area contributed by atoms with Crippen molar-refractivity contribution < 1.29 is 14.4 Å². The maximum absolute atomic E-state index is 11.0. The van der Waals surface area contributed by atoms with Crippen LogP contribution >= 0.6 is 0 Å². The quantitative estimate of drug-likeness (QED) is 0.441. The van der Waals surface area contributed by atoms with Gasteiger partial charge in [-0.1, -0.05) is 12.1 Å². The van der Waals surface area contributed by atoms with Gasteiger partial charge in [0.15, 0.2) is 6.29 Å². The molecule has 0 aliphatic carbocycles. The van der Waals surface area contributed by atoms with Crippen molar-refractivity contribution >= 4 is 23.7 Å². The number of hydrogen-bond acceptors (Lipinski definition) is 3. The highest BCUT2D eigenvalue weighted by atomic mass is 16.2. The molecule has 1 aromatic carbocycles. The summed E-state index contributed by atoms with van der Waals surface area (Å²) in [4.78, 5) is 31.9. The summed E-state index contributed by atoms with van der Waals surface area (Å²) in [5, 5.41) is 2.52. The average Bonchev–Trinajstić information content (AvgIpc) is 2.16. The van der Waals surface area contributed by atoms with Gasteiger partial charge in [0, 0.05) is 18.2 Å². The zero-order chi connectivity index (χ0) is 10.6. The summed E-state index contributed by atoms with van der Waals surface area (Å²) in [6.07, 6.45) is 0.243. The van der Waals surface area contributed by atoms with E-state index in [0.29, 0.717) is 5.69 Å². The van der Waals surface area contributed by atoms with Crippen molar-refractivity contribution in [1.82, 2.24) is 0 Å². The van der Waals surface area contributed by atoms with E-state index in [4.69, 9.17) is 0 Å². The van der Waals surface area contributed by atoms with Crippen LogP contribution in [0.5, 0.6) is 0 Å². The zero-order valence-corrected chi connectivity index (χ0v) is 7.61. The Kier molecular flexibility index (Phi) is 3.12. The van der Waals surface area contributed by atoms with Crippen LogP contribution in [0.3, 0.4) is 0 Å². The molecule has 1 amide bonds. The molecule has 0 spiro atoms. The molecule has 14 heavy (non-hydrogen) atoms. The van der Waals surface area contributed by atoms with E-state index >= 15 is 0 Å². The van der Waals surface area contributed by atoms with Gasteiger partial charge in [-0.15, -0.1) is 0 Å². The Morgan fingerprint density at radius 3 is 2.64 bits per heavy atom. The van der Waals surface area contributed by atoms with Gasteiger partial charge in [-0.25, -0.2) is 0 Å². The normalized spacial score (nSPS) is 9.21. The minimum absolute atomic E-state index is 0.222. The molecule has 0 heterocycles. The average molecular weight is 191 g/mol. The summed E-state index contributed by atoms with van der Waals surface area (Å²) in [6, 6.07) is 6.21. The summed E-state index contributed by atoms with van der Waals surface area (Å²) in [5.41, 5.74) is 0.774. The van der Waals surface area contributed by atoms with Gasteiger partial charge >= 0.3 is 0 Å². The first-order valence-corrected chi connectivity index (χ1v) is 4.00. The summed E-state index contributed by atoms with van der Waals surface area (Å²) < 4.78 is 0. The van der Waals surface area contributed by atoms with Crippen molar-refractivity contribution in [2.75, 3.05) is 5.32 Å². The number of benzene rings is 1. The number of hydrogen-bond donors (Lipinski definition) is 1. The number of ketones is 1. The predicted octanol–water partition coefficient (Wildman–Crippen LogP) is 1.03. The van der Waals surface area contributed by atoms with Gasteiger partial charge in [-0.05, 0) is 12.1 Å². The molecule has 0 aliphatic heterocycles. The van der Waals surface area contributed by atoms with Crippen LogP contribution in [0.2, 0.25) is 0 Å². The lowest BCUT2D eigenvalue weighted by atomic mass is 10.1. The van der Waals surface area contributed by atoms with E-state index in [1.54, 1.807) is 12.1 Å². The van der Waals surface area contributed by atoms with Gasteiger partial charge in [0.25, 0.3) is 0 Å². The fourth-order valence-corrected chi connectivity index (χ4v) is 1.02. The zero-order valence-electron chi connectivity index (χ0n) is 7.61. The van der Waals surface area contributed by atoms with Crippen molar-refractivity contribution in [2.45, 2.75) is 6.92 Å². The van der Waals surface area contributed by atoms with Gasteiger partial charge in [-0.3, -0.25) is 14.4 Å². The number of carbonyl (C=O) groups excluding carboxylic acids is 3. The lowest BCUT2D eigenvalue weighted by Crippen LogP contribution is -2.07. The van der Waals surface area contributed by atoms with Crippen LogP contribution in [0.4, 0.5) is 5.69 Å². The second-order valence-corrected chi connectivity index (χ2v) is 2.74. The van der Waals surface area contributed by atoms with Gasteiger partial charge in [0.1, 0.15) is 0 Å². The molecule has 0 saturated carbocycles. The van der Waals surface area contributed by atoms with E-state index in [2.05, 4.69) is 5.32 Å². The number of rotatable bonds is 3. The van der Waals surface area contributed by atoms with Crippen molar-refractivity contribution in [3.63, 3.8) is 0 Å². The number of amides is 1. The number of aldehydes is 1. The standard InChI is InChI=1S/C10H9NO3/c1-7(13)11-9-4-2-3-8(5-9)10(14)6-12/h2-6H,1H3,(H,11,13). The van der Waals surface area contributed by atoms with Gasteiger partial charge in [-0.2, -0.15) is 0 Å². The highest BCUT2D eigenvalue weighted by Gasteiger charge is 2.04. The van der Waals surface area contributed by atoms with Crippen molar-refractivity contribution in [1.29, 1.82) is 0 Å². The van der Waals surface area contributed by atoms with Crippen molar-refractivity contribution in [3.8, 4) is 0 Å². The molecular formula is C10H9NO3. The molecule has 0 saturated heterocycles. The van der Waals surface area contributed by atoms with E-state index in [0.717, 1.165) is 0 Å². The molecule has 0 radical (unpaired) electrons. The predicted molar refractivity (Wildman–Crippen MR) is 51.1 cm³/mol. The lowest BCUT2D eigenvalue weighted by molar-refractivity contribution is -0.114. The van der Waals surface area contributed by atoms with Crippen LogP contribution in [0.1, 0.15) is 17.3 Å². The first kappa shape index (κ1) is 10.1. The molecule has 72 valence electrons. The molecule has 0 atom stereocenters. The molecule has 4 nitrogen and oxygen atoms in total. The molecule has 1 N–H and O–H groups in total. The van der Waals surface area contributed by atoms with Crippen LogP contribution in [0.25, 0.3) is 0 Å². The Morgan fingerprint density at radius 2 is 2.07 bits per heavy atom. The van der Waals surface area contributed by atoms with E-state index in [9.17, 15) is 14.4 Å². The van der Waals surface area contributed by atoms with E-state index < -0.39 is 5.78 Å². The minimum atomic E-state index is -0.600. The van der Waals surface area contributed by atoms with Crippen LogP contribution in [-0.4, -0.2) is 18.0 Å². The first-order valence-electron chi connectivity index (χ1n) is 4.00. The van der Waals surface area contributed by atoms with Crippen LogP contribution < -0.4 is 5.32 Å². The Balaban J connectivity index is 2.94. The summed E-state index contributed by atoms with van der Waals surface area (Å²) in [6.45, 7) is 1.37. The molecule has 0 aliphatic rings. The molecule has 1 aromatic rings. The third-order valence-corrected chi connectivity index (χ3v) is 1.57. The molecular weight excluding hydrogens is 182 g/mol. The molecule has 1 rings (SSSR count). The highest BCUT2D eigenvalue weighted by Crippen LogP contribution is 2.10. The Hall–Kier alpha value is -1.97. The summed E-state index contributed by atoms with van der Waals surface area (Å²) in [7, 11) is 0. The van der Waals surface area contributed by atoms with Crippen molar-refractivity contribution in [2.24, 2.45) is 0 Å². The smallest absolute Gasteiger partial charge is 0.225 e. The second-order valence-electron chi connectivity index (χ2n) is 2.74. The molecule has 0 aromatic heterocycles. The Bertz CT molecular complexity index is 385. The number of Topliss-reactive ketones (excluding diaryl/α,β-unsaturated/α-hetero) is 1. The fourth-order valence-electron chi connectivity index (χ4n) is 1.02. The van der Waals surface area contributed by atoms with Crippen molar-refractivity contribution in [3.05, 3.63) is 29.8 Å². The van der Waals surface area contributed by atoms with Gasteiger partial charge in [0.05, 0.1) is 0 Å². The molecule has 0 unspecified atom stereocenters. The largest absolute Gasteiger partial charge is 0.326 e. The SMILES string of the molecule is CC(=O)Nc1cccc(C(=O)C=O)c1. The Labute approximate surface area is 80.9 Å². The second kappa shape index (κ2) is 4.32. The third kappa shape index (κ3) is 2.52. The maximum atomic E-state index is 11.0. The molecule has 0 fully saturated rings. The fraction of sp³-hybridized carbons (Fsp3) is 0.100. The number of anilines is 1. The third-order valence-electron chi connectivity index (χ3n) is 1.57. The summed E-state index contributed by atoms with van der Waals surface area (Å²) >= 11 is 0. The number of carbonyl (C=O) groups is 3. The summed E-state index contributed by atoms with van der Waals surface area (Å²) in [5.74, 6) is -0.821. The monoisotopic (exact) mass is 191 g/mol. The highest BCUT2D eigenvalue weighted by molar-refractivity contribution is 6.33. The first-order chi connectivity index (χ1) is 6.63. The Morgan fingerprint density at radius 1 is 1.36 bits per heavy atom. The van der Waals surface area contributed by atoms with Crippen LogP contribution in [0.15, 0.2) is 24.3 Å². The van der Waals surface area contributed by atoms with E-state index in [1.165, 1.54) is 19.1 Å². The van der Waals surface area contributed by atoms with Gasteiger partial charge in [0.2, 0.25) is 11.7 Å². The maximum Gasteiger partial charge on any atom is 0.225 e. The van der Waals surface area contributed by atoms with E-state index in [1.807, 2.05) is 0 Å². The number of nitrogens with one attached hydrogen (secondary N) is 1. The molecule has 4 heteroatoms. The van der Waals surface area contributed by atoms with Crippen LogP contribution in [-0.2, 0) is 9.59 Å². The minimum Gasteiger partial charge on any atom is -0.326 e. The van der Waals surface area contributed by atoms with E-state index in [-0.39, 0.29) is 17.8 Å². The van der Waals surface area contributed by atoms with Gasteiger partial charge < -0.3 is 5.32 Å². The molecule has 0 bridgehead atoms. The van der Waals surface area contributed by atoms with Crippen LogP contribution in [0, 0.1) is 0 Å². The lowest BCUT2D eigenvalue weighted by Gasteiger charge is -2.02.